The second kappa shape index (κ2) is 5.22. The lowest BCUT2D eigenvalue weighted by atomic mass is 10.3. The molecule has 0 aromatic carbocycles. The van der Waals surface area contributed by atoms with E-state index in [-0.39, 0.29) is 13.2 Å². The molecule has 1 N–H and O–H groups in total. The molecule has 0 spiro atoms. The van der Waals surface area contributed by atoms with Gasteiger partial charge in [0.1, 0.15) is 11.5 Å². The minimum Gasteiger partial charge on any atom is -0.391 e. The van der Waals surface area contributed by atoms with Crippen molar-refractivity contribution in [1.82, 2.24) is 19.7 Å². The van der Waals surface area contributed by atoms with Crippen LogP contribution in [0.1, 0.15) is 11.3 Å². The molecule has 7 heteroatoms. The molecule has 0 saturated heterocycles. The summed E-state index contributed by atoms with van der Waals surface area (Å²) in [6, 6.07) is 1.68. The molecule has 0 atom stereocenters. The summed E-state index contributed by atoms with van der Waals surface area (Å²) in [4.78, 5) is 7.86. The Morgan fingerprint density at radius 2 is 2.35 bits per heavy atom. The first-order chi connectivity index (χ1) is 8.27. The first-order valence-corrected chi connectivity index (χ1v) is 5.28. The SMILES string of the molecule is COCc1nn(-c2ccncn2)c(Cl)c1CO. The predicted octanol–water partition coefficient (Wildman–Crippen LogP) is 0.954. The Morgan fingerprint density at radius 3 is 2.94 bits per heavy atom. The average molecular weight is 255 g/mol. The average Bonchev–Trinajstić information content (AvgIpc) is 2.67. The van der Waals surface area contributed by atoms with Crippen molar-refractivity contribution in [2.75, 3.05) is 7.11 Å². The van der Waals surface area contributed by atoms with Crippen molar-refractivity contribution in [2.24, 2.45) is 0 Å². The van der Waals surface area contributed by atoms with E-state index in [0.717, 1.165) is 0 Å². The van der Waals surface area contributed by atoms with E-state index in [0.29, 0.717) is 22.2 Å². The topological polar surface area (TPSA) is 73.1 Å². The Balaban J connectivity index is 2.49. The van der Waals surface area contributed by atoms with E-state index >= 15 is 0 Å². The van der Waals surface area contributed by atoms with Crippen molar-refractivity contribution >= 4 is 11.6 Å². The Hall–Kier alpha value is -1.50. The maximum atomic E-state index is 9.26. The fourth-order valence-electron chi connectivity index (χ4n) is 1.44. The first kappa shape index (κ1) is 12.0. The number of ether oxygens (including phenoxy) is 1. The number of aliphatic hydroxyl groups is 1. The maximum absolute atomic E-state index is 9.26. The van der Waals surface area contributed by atoms with Crippen molar-refractivity contribution in [3.8, 4) is 5.82 Å². The largest absolute Gasteiger partial charge is 0.391 e. The van der Waals surface area contributed by atoms with Crippen molar-refractivity contribution < 1.29 is 9.84 Å². The van der Waals surface area contributed by atoms with Gasteiger partial charge in [0.05, 0.1) is 18.9 Å². The molecule has 0 aliphatic carbocycles. The summed E-state index contributed by atoms with van der Waals surface area (Å²) >= 11 is 6.12. The third-order valence-electron chi connectivity index (χ3n) is 2.23. The lowest BCUT2D eigenvalue weighted by Gasteiger charge is -2.00. The van der Waals surface area contributed by atoms with E-state index < -0.39 is 0 Å². The highest BCUT2D eigenvalue weighted by Gasteiger charge is 2.16. The van der Waals surface area contributed by atoms with Crippen LogP contribution in [0.5, 0.6) is 0 Å². The minimum absolute atomic E-state index is 0.192. The van der Waals surface area contributed by atoms with Crippen molar-refractivity contribution in [3.05, 3.63) is 35.0 Å². The molecule has 2 aromatic rings. The van der Waals surface area contributed by atoms with Gasteiger partial charge in [0.25, 0.3) is 0 Å². The minimum atomic E-state index is -0.192. The Labute approximate surface area is 103 Å². The molecule has 17 heavy (non-hydrogen) atoms. The molecule has 0 aliphatic heterocycles. The molecule has 0 bridgehead atoms. The fraction of sp³-hybridized carbons (Fsp3) is 0.300. The van der Waals surface area contributed by atoms with Crippen LogP contribution in [0.25, 0.3) is 5.82 Å². The number of hydrogen-bond donors (Lipinski definition) is 1. The molecule has 0 unspecified atom stereocenters. The molecular formula is C10H11ClN4O2. The van der Waals surface area contributed by atoms with Gasteiger partial charge in [-0.2, -0.15) is 5.10 Å². The molecule has 90 valence electrons. The molecule has 0 amide bonds. The van der Waals surface area contributed by atoms with Crippen molar-refractivity contribution in [3.63, 3.8) is 0 Å². The summed E-state index contributed by atoms with van der Waals surface area (Å²) in [6.45, 7) is 0.0936. The molecule has 0 aliphatic rings. The van der Waals surface area contributed by atoms with Crippen LogP contribution >= 0.6 is 11.6 Å². The van der Waals surface area contributed by atoms with Gasteiger partial charge in [0, 0.05) is 24.9 Å². The molecule has 2 rings (SSSR count). The molecule has 0 radical (unpaired) electrons. The third kappa shape index (κ3) is 2.28. The summed E-state index contributed by atoms with van der Waals surface area (Å²) in [5.74, 6) is 0.544. The van der Waals surface area contributed by atoms with Gasteiger partial charge in [-0.1, -0.05) is 11.6 Å². The van der Waals surface area contributed by atoms with Crippen LogP contribution in [0.15, 0.2) is 18.6 Å². The van der Waals surface area contributed by atoms with Crippen LogP contribution in [0.3, 0.4) is 0 Å². The highest BCUT2D eigenvalue weighted by atomic mass is 35.5. The number of hydrogen-bond acceptors (Lipinski definition) is 5. The molecule has 0 saturated carbocycles. The molecule has 6 nitrogen and oxygen atoms in total. The normalized spacial score (nSPS) is 10.8. The number of methoxy groups -OCH3 is 1. The lowest BCUT2D eigenvalue weighted by Crippen LogP contribution is -2.00. The summed E-state index contributed by atoms with van der Waals surface area (Å²) in [5.41, 5.74) is 1.14. The molecule has 0 fully saturated rings. The van der Waals surface area contributed by atoms with Gasteiger partial charge in [0.2, 0.25) is 0 Å². The summed E-state index contributed by atoms with van der Waals surface area (Å²) in [7, 11) is 1.55. The highest BCUT2D eigenvalue weighted by Crippen LogP contribution is 2.23. The summed E-state index contributed by atoms with van der Waals surface area (Å²) < 4.78 is 6.44. The number of nitrogens with zero attached hydrogens (tertiary/aromatic N) is 4. The first-order valence-electron chi connectivity index (χ1n) is 4.90. The lowest BCUT2D eigenvalue weighted by molar-refractivity contribution is 0.178. The van der Waals surface area contributed by atoms with E-state index in [4.69, 9.17) is 16.3 Å². The Kier molecular flexibility index (Phi) is 3.68. The van der Waals surface area contributed by atoms with E-state index in [2.05, 4.69) is 15.1 Å². The smallest absolute Gasteiger partial charge is 0.158 e. The van der Waals surface area contributed by atoms with Crippen LogP contribution in [-0.4, -0.2) is 32.0 Å². The van der Waals surface area contributed by atoms with Crippen LogP contribution < -0.4 is 0 Å². The second-order valence-corrected chi connectivity index (χ2v) is 3.64. The van der Waals surface area contributed by atoms with Crippen LogP contribution in [0, 0.1) is 0 Å². The second-order valence-electron chi connectivity index (χ2n) is 3.29. The van der Waals surface area contributed by atoms with E-state index in [9.17, 15) is 5.11 Å². The Bertz CT molecular complexity index is 501. The van der Waals surface area contributed by atoms with E-state index in [1.165, 1.54) is 11.0 Å². The quantitative estimate of drug-likeness (QED) is 0.880. The van der Waals surface area contributed by atoms with Gasteiger partial charge < -0.3 is 9.84 Å². The number of halogens is 1. The predicted molar refractivity (Wildman–Crippen MR) is 60.8 cm³/mol. The van der Waals surface area contributed by atoms with Gasteiger partial charge >= 0.3 is 0 Å². The standard InChI is InChI=1S/C10H11ClN4O2/c1-17-5-8-7(4-16)10(11)15(14-8)9-2-3-12-6-13-9/h2-3,6,16H,4-5H2,1H3. The zero-order valence-electron chi connectivity index (χ0n) is 9.17. The summed E-state index contributed by atoms with van der Waals surface area (Å²) in [6.07, 6.45) is 3.00. The monoisotopic (exact) mass is 254 g/mol. The maximum Gasteiger partial charge on any atom is 0.158 e. The number of aromatic nitrogens is 4. The zero-order valence-corrected chi connectivity index (χ0v) is 9.92. The van der Waals surface area contributed by atoms with E-state index in [1.54, 1.807) is 19.4 Å². The number of rotatable bonds is 4. The van der Waals surface area contributed by atoms with Crippen LogP contribution in [0.4, 0.5) is 0 Å². The third-order valence-corrected chi connectivity index (χ3v) is 2.61. The molecule has 2 heterocycles. The van der Waals surface area contributed by atoms with Crippen LogP contribution in [-0.2, 0) is 18.0 Å². The molecule has 2 aromatic heterocycles. The van der Waals surface area contributed by atoms with Gasteiger partial charge in [-0.15, -0.1) is 0 Å². The highest BCUT2D eigenvalue weighted by molar-refractivity contribution is 6.30. The van der Waals surface area contributed by atoms with Gasteiger partial charge in [0.15, 0.2) is 5.82 Å². The van der Waals surface area contributed by atoms with E-state index in [1.807, 2.05) is 0 Å². The molecular weight excluding hydrogens is 244 g/mol. The van der Waals surface area contributed by atoms with Gasteiger partial charge in [-0.3, -0.25) is 0 Å². The summed E-state index contributed by atoms with van der Waals surface area (Å²) in [5, 5.41) is 13.8. The van der Waals surface area contributed by atoms with Gasteiger partial charge in [-0.25, -0.2) is 14.6 Å². The zero-order chi connectivity index (χ0) is 12.3. The number of aliphatic hydroxyl groups excluding tert-OH is 1. The van der Waals surface area contributed by atoms with Crippen LogP contribution in [0.2, 0.25) is 5.15 Å². The fourth-order valence-corrected chi connectivity index (χ4v) is 1.74. The van der Waals surface area contributed by atoms with Gasteiger partial charge in [-0.05, 0) is 0 Å². The van der Waals surface area contributed by atoms with Crippen molar-refractivity contribution in [2.45, 2.75) is 13.2 Å². The Morgan fingerprint density at radius 1 is 1.53 bits per heavy atom. The van der Waals surface area contributed by atoms with Crippen molar-refractivity contribution in [1.29, 1.82) is 0 Å².